The zero-order valence-corrected chi connectivity index (χ0v) is 10.7. The van der Waals surface area contributed by atoms with Crippen molar-refractivity contribution in [2.24, 2.45) is 0 Å². The molecular weight excluding hydrogens is 240 g/mol. The van der Waals surface area contributed by atoms with Crippen LogP contribution in [-0.2, 0) is 14.3 Å². The van der Waals surface area contributed by atoms with Crippen LogP contribution in [0.2, 0.25) is 0 Å². The number of nitrogens with two attached hydrogens (primary N) is 1. The molecule has 1 aromatic rings. The maximum atomic E-state index is 11.5. The van der Waals surface area contributed by atoms with E-state index in [0.717, 1.165) is 4.90 Å². The van der Waals surface area contributed by atoms with Gasteiger partial charge in [0.15, 0.2) is 0 Å². The van der Waals surface area contributed by atoms with Crippen LogP contribution < -0.4 is 5.73 Å². The van der Waals surface area contributed by atoms with Crippen LogP contribution in [0.4, 0.5) is 5.82 Å². The molecular formula is C11H16N2O3S. The number of hydrogen-bond donors (Lipinski definition) is 1. The molecule has 1 aromatic heterocycles. The first-order valence-electron chi connectivity index (χ1n) is 5.17. The first-order chi connectivity index (χ1) is 8.13. The van der Waals surface area contributed by atoms with E-state index >= 15 is 0 Å². The van der Waals surface area contributed by atoms with E-state index in [4.69, 9.17) is 15.2 Å². The van der Waals surface area contributed by atoms with Gasteiger partial charge >= 0.3 is 5.97 Å². The van der Waals surface area contributed by atoms with Crippen molar-refractivity contribution in [3.63, 3.8) is 0 Å². The third kappa shape index (κ3) is 5.06. The zero-order chi connectivity index (χ0) is 12.7. The van der Waals surface area contributed by atoms with E-state index in [1.165, 1.54) is 11.8 Å². The Kier molecular flexibility index (Phi) is 5.79. The minimum absolute atomic E-state index is 0.260. The van der Waals surface area contributed by atoms with Crippen LogP contribution in [0.3, 0.4) is 0 Å². The lowest BCUT2D eigenvalue weighted by atomic mass is 10.5. The molecule has 17 heavy (non-hydrogen) atoms. The normalized spacial score (nSPS) is 12.1. The summed E-state index contributed by atoms with van der Waals surface area (Å²) in [6, 6.07) is 3.53. The Bertz CT molecular complexity index is 356. The summed E-state index contributed by atoms with van der Waals surface area (Å²) in [5.74, 6) is 0.202. The van der Waals surface area contributed by atoms with Crippen LogP contribution in [0.15, 0.2) is 23.2 Å². The van der Waals surface area contributed by atoms with Gasteiger partial charge in [0.05, 0.1) is 6.61 Å². The fourth-order valence-electron chi connectivity index (χ4n) is 1.06. The summed E-state index contributed by atoms with van der Waals surface area (Å²) < 4.78 is 9.81. The van der Waals surface area contributed by atoms with E-state index in [0.29, 0.717) is 12.4 Å². The van der Waals surface area contributed by atoms with Crippen molar-refractivity contribution < 1.29 is 14.3 Å². The topological polar surface area (TPSA) is 74.4 Å². The fraction of sp³-hybridized carbons (Fsp3) is 0.455. The molecule has 1 unspecified atom stereocenters. The third-order valence-corrected chi connectivity index (χ3v) is 3.00. The SMILES string of the molecule is COCCOC(=O)C(C)Sc1ccc(N)nc1. The summed E-state index contributed by atoms with van der Waals surface area (Å²) in [7, 11) is 1.56. The maximum absolute atomic E-state index is 11.5. The first kappa shape index (κ1) is 13.8. The number of rotatable bonds is 6. The monoisotopic (exact) mass is 256 g/mol. The third-order valence-electron chi connectivity index (χ3n) is 1.94. The Morgan fingerprint density at radius 2 is 2.29 bits per heavy atom. The van der Waals surface area contributed by atoms with Gasteiger partial charge in [0.25, 0.3) is 0 Å². The molecule has 0 spiro atoms. The second kappa shape index (κ2) is 7.13. The van der Waals surface area contributed by atoms with Crippen LogP contribution in [0.25, 0.3) is 0 Å². The Labute approximate surface area is 105 Å². The lowest BCUT2D eigenvalue weighted by Crippen LogP contribution is -2.19. The standard InChI is InChI=1S/C11H16N2O3S/c1-8(11(14)16-6-5-15-2)17-9-3-4-10(12)13-7-9/h3-4,7-8H,5-6H2,1-2H3,(H2,12,13). The minimum Gasteiger partial charge on any atom is -0.462 e. The van der Waals surface area contributed by atoms with Gasteiger partial charge in [-0.2, -0.15) is 0 Å². The number of methoxy groups -OCH3 is 1. The van der Waals surface area contributed by atoms with Crippen molar-refractivity contribution in [1.29, 1.82) is 0 Å². The lowest BCUT2D eigenvalue weighted by Gasteiger charge is -2.10. The highest BCUT2D eigenvalue weighted by Gasteiger charge is 2.15. The Morgan fingerprint density at radius 1 is 1.53 bits per heavy atom. The van der Waals surface area contributed by atoms with Crippen LogP contribution in [-0.4, -0.2) is 36.5 Å². The van der Waals surface area contributed by atoms with E-state index in [-0.39, 0.29) is 17.8 Å². The van der Waals surface area contributed by atoms with E-state index in [9.17, 15) is 4.79 Å². The molecule has 0 fully saturated rings. The number of esters is 1. The summed E-state index contributed by atoms with van der Waals surface area (Å²) in [6.45, 7) is 2.48. The predicted octanol–water partition coefficient (Wildman–Crippen LogP) is 1.33. The fourth-order valence-corrected chi connectivity index (χ4v) is 1.89. The number of anilines is 1. The molecule has 5 nitrogen and oxygen atoms in total. The first-order valence-corrected chi connectivity index (χ1v) is 6.05. The number of pyridine rings is 1. The van der Waals surface area contributed by atoms with Crippen LogP contribution in [0.1, 0.15) is 6.92 Å². The van der Waals surface area contributed by atoms with Crippen molar-refractivity contribution >= 4 is 23.5 Å². The van der Waals surface area contributed by atoms with Crippen LogP contribution in [0, 0.1) is 0 Å². The molecule has 0 amide bonds. The molecule has 94 valence electrons. The van der Waals surface area contributed by atoms with Crippen molar-refractivity contribution in [3.05, 3.63) is 18.3 Å². The van der Waals surface area contributed by atoms with Gasteiger partial charge in [-0.05, 0) is 19.1 Å². The summed E-state index contributed by atoms with van der Waals surface area (Å²) in [5.41, 5.74) is 5.47. The summed E-state index contributed by atoms with van der Waals surface area (Å²) in [4.78, 5) is 16.4. The van der Waals surface area contributed by atoms with Gasteiger partial charge in [0, 0.05) is 18.2 Å². The van der Waals surface area contributed by atoms with Crippen molar-refractivity contribution in [3.8, 4) is 0 Å². The van der Waals surface area contributed by atoms with Crippen LogP contribution >= 0.6 is 11.8 Å². The molecule has 1 heterocycles. The average molecular weight is 256 g/mol. The number of carbonyl (C=O) groups is 1. The van der Waals surface area contributed by atoms with E-state index < -0.39 is 0 Å². The second-order valence-corrected chi connectivity index (χ2v) is 4.75. The van der Waals surface area contributed by atoms with Gasteiger partial charge in [-0.15, -0.1) is 11.8 Å². The molecule has 0 saturated carbocycles. The lowest BCUT2D eigenvalue weighted by molar-refractivity contribution is -0.143. The van der Waals surface area contributed by atoms with Crippen molar-refractivity contribution in [2.75, 3.05) is 26.1 Å². The van der Waals surface area contributed by atoms with Gasteiger partial charge in [0.2, 0.25) is 0 Å². The van der Waals surface area contributed by atoms with E-state index in [1.807, 2.05) is 6.07 Å². The quantitative estimate of drug-likeness (QED) is 0.470. The molecule has 0 aliphatic heterocycles. The summed E-state index contributed by atoms with van der Waals surface area (Å²) in [6.07, 6.45) is 1.64. The molecule has 0 aliphatic carbocycles. The van der Waals surface area contributed by atoms with Crippen molar-refractivity contribution in [2.45, 2.75) is 17.1 Å². The Morgan fingerprint density at radius 3 is 2.88 bits per heavy atom. The highest BCUT2D eigenvalue weighted by atomic mass is 32.2. The van der Waals surface area contributed by atoms with Crippen molar-refractivity contribution in [1.82, 2.24) is 4.98 Å². The molecule has 0 bridgehead atoms. The largest absolute Gasteiger partial charge is 0.462 e. The zero-order valence-electron chi connectivity index (χ0n) is 9.88. The Hall–Kier alpha value is -1.27. The smallest absolute Gasteiger partial charge is 0.319 e. The number of thioether (sulfide) groups is 1. The number of aromatic nitrogens is 1. The molecule has 2 N–H and O–H groups in total. The van der Waals surface area contributed by atoms with Gasteiger partial charge in [-0.1, -0.05) is 0 Å². The van der Waals surface area contributed by atoms with Gasteiger partial charge < -0.3 is 15.2 Å². The molecule has 1 rings (SSSR count). The Balaban J connectivity index is 2.40. The molecule has 0 aliphatic rings. The molecule has 0 aromatic carbocycles. The van der Waals surface area contributed by atoms with Gasteiger partial charge in [-0.3, -0.25) is 4.79 Å². The number of ether oxygens (including phenoxy) is 2. The highest BCUT2D eigenvalue weighted by Crippen LogP contribution is 2.23. The minimum atomic E-state index is -0.280. The predicted molar refractivity (Wildman–Crippen MR) is 66.8 cm³/mol. The highest BCUT2D eigenvalue weighted by molar-refractivity contribution is 8.00. The summed E-state index contributed by atoms with van der Waals surface area (Å²) >= 11 is 1.39. The van der Waals surface area contributed by atoms with Gasteiger partial charge in [0.1, 0.15) is 17.7 Å². The number of hydrogen-bond acceptors (Lipinski definition) is 6. The van der Waals surface area contributed by atoms with E-state index in [1.54, 1.807) is 26.3 Å². The molecule has 6 heteroatoms. The number of carbonyl (C=O) groups excluding carboxylic acids is 1. The average Bonchev–Trinajstić information content (AvgIpc) is 2.32. The molecule has 0 saturated heterocycles. The van der Waals surface area contributed by atoms with Crippen LogP contribution in [0.5, 0.6) is 0 Å². The number of nitrogens with zero attached hydrogens (tertiary/aromatic N) is 1. The number of nitrogen functional groups attached to an aromatic ring is 1. The second-order valence-electron chi connectivity index (χ2n) is 3.34. The maximum Gasteiger partial charge on any atom is 0.319 e. The van der Waals surface area contributed by atoms with Gasteiger partial charge in [-0.25, -0.2) is 4.98 Å². The molecule has 0 radical (unpaired) electrons. The summed E-state index contributed by atoms with van der Waals surface area (Å²) in [5, 5.41) is -0.280. The van der Waals surface area contributed by atoms with E-state index in [2.05, 4.69) is 4.98 Å². The molecule has 1 atom stereocenters.